The molecule has 3 aromatic rings. The summed E-state index contributed by atoms with van der Waals surface area (Å²) in [6.45, 7) is 9.47. The highest BCUT2D eigenvalue weighted by molar-refractivity contribution is 5.64. The fraction of sp³-hybridized carbons (Fsp3) is 0.417. The number of nitrogens with one attached hydrogen (secondary N) is 1. The summed E-state index contributed by atoms with van der Waals surface area (Å²) in [5.41, 5.74) is 4.48. The Morgan fingerprint density at radius 1 is 1.00 bits per heavy atom. The van der Waals surface area contributed by atoms with Crippen LogP contribution in [0.2, 0.25) is 0 Å². The number of hydrogen-bond donors (Lipinski definition) is 1. The minimum atomic E-state index is 0.351. The van der Waals surface area contributed by atoms with Gasteiger partial charge in [-0.05, 0) is 56.2 Å². The van der Waals surface area contributed by atoms with Gasteiger partial charge in [-0.15, -0.1) is 5.10 Å². The van der Waals surface area contributed by atoms with Crippen LogP contribution in [0.5, 0.6) is 0 Å². The SMILES string of the molecule is Cc1cc(Nc2ncn(-c3ccccc3)n2)cc(N2CCN(C3CCOC3C)CC2)c1. The third kappa shape index (κ3) is 4.43. The minimum Gasteiger partial charge on any atom is -0.377 e. The van der Waals surface area contributed by atoms with Crippen molar-refractivity contribution in [1.29, 1.82) is 0 Å². The first-order chi connectivity index (χ1) is 15.2. The molecule has 2 aliphatic heterocycles. The Morgan fingerprint density at radius 2 is 1.81 bits per heavy atom. The molecule has 0 radical (unpaired) electrons. The lowest BCUT2D eigenvalue weighted by Crippen LogP contribution is -2.52. The number of hydrogen-bond acceptors (Lipinski definition) is 6. The van der Waals surface area contributed by atoms with E-state index in [9.17, 15) is 0 Å². The van der Waals surface area contributed by atoms with Crippen LogP contribution < -0.4 is 10.2 Å². The van der Waals surface area contributed by atoms with Gasteiger partial charge in [0.2, 0.25) is 5.95 Å². The normalized spacial score (nSPS) is 22.1. The molecule has 2 aliphatic rings. The van der Waals surface area contributed by atoms with E-state index in [-0.39, 0.29) is 0 Å². The van der Waals surface area contributed by atoms with Crippen LogP contribution in [0.15, 0.2) is 54.9 Å². The van der Waals surface area contributed by atoms with Gasteiger partial charge in [0.1, 0.15) is 6.33 Å². The number of anilines is 3. The molecule has 0 amide bonds. The number of piperazine rings is 1. The Balaban J connectivity index is 1.26. The summed E-state index contributed by atoms with van der Waals surface area (Å²) in [7, 11) is 0. The van der Waals surface area contributed by atoms with E-state index < -0.39 is 0 Å². The molecule has 0 bridgehead atoms. The maximum absolute atomic E-state index is 5.77. The largest absolute Gasteiger partial charge is 0.377 e. The summed E-state index contributed by atoms with van der Waals surface area (Å²) in [5.74, 6) is 0.598. The summed E-state index contributed by atoms with van der Waals surface area (Å²) in [4.78, 5) is 9.51. The van der Waals surface area contributed by atoms with Gasteiger partial charge in [0.25, 0.3) is 0 Å². The molecule has 5 rings (SSSR count). The fourth-order valence-electron chi connectivity index (χ4n) is 4.68. The molecule has 7 nitrogen and oxygen atoms in total. The van der Waals surface area contributed by atoms with Crippen LogP contribution in [0.3, 0.4) is 0 Å². The molecule has 3 heterocycles. The summed E-state index contributed by atoms with van der Waals surface area (Å²) in [6.07, 6.45) is 3.24. The molecule has 2 aromatic carbocycles. The lowest BCUT2D eigenvalue weighted by molar-refractivity contribution is 0.0715. The quantitative estimate of drug-likeness (QED) is 0.683. The predicted molar refractivity (Wildman–Crippen MR) is 123 cm³/mol. The highest BCUT2D eigenvalue weighted by atomic mass is 16.5. The third-order valence-corrected chi connectivity index (χ3v) is 6.32. The van der Waals surface area contributed by atoms with Gasteiger partial charge in [-0.1, -0.05) is 18.2 Å². The Hall–Kier alpha value is -2.90. The molecule has 2 unspecified atom stereocenters. The van der Waals surface area contributed by atoms with E-state index in [2.05, 4.69) is 57.2 Å². The maximum atomic E-state index is 5.77. The van der Waals surface area contributed by atoms with Crippen molar-refractivity contribution in [3.63, 3.8) is 0 Å². The third-order valence-electron chi connectivity index (χ3n) is 6.32. The number of benzene rings is 2. The van der Waals surface area contributed by atoms with Crippen molar-refractivity contribution in [2.45, 2.75) is 32.4 Å². The number of aromatic nitrogens is 3. The Bertz CT molecular complexity index is 1010. The number of rotatable bonds is 5. The van der Waals surface area contributed by atoms with Crippen molar-refractivity contribution in [2.75, 3.05) is 43.0 Å². The molecule has 0 saturated carbocycles. The van der Waals surface area contributed by atoms with Crippen molar-refractivity contribution in [3.05, 3.63) is 60.4 Å². The summed E-state index contributed by atoms with van der Waals surface area (Å²) >= 11 is 0. The van der Waals surface area contributed by atoms with Crippen molar-refractivity contribution in [3.8, 4) is 5.69 Å². The van der Waals surface area contributed by atoms with Crippen LogP contribution in [0.25, 0.3) is 5.69 Å². The molecule has 2 saturated heterocycles. The van der Waals surface area contributed by atoms with Crippen LogP contribution in [0, 0.1) is 6.92 Å². The van der Waals surface area contributed by atoms with Crippen LogP contribution in [0.4, 0.5) is 17.3 Å². The van der Waals surface area contributed by atoms with Crippen molar-refractivity contribution < 1.29 is 4.74 Å². The minimum absolute atomic E-state index is 0.351. The second-order valence-corrected chi connectivity index (χ2v) is 8.49. The molecule has 1 N–H and O–H groups in total. The van der Waals surface area contributed by atoms with Gasteiger partial charge in [-0.2, -0.15) is 4.98 Å². The van der Waals surface area contributed by atoms with Gasteiger partial charge < -0.3 is 15.0 Å². The molecule has 1 aromatic heterocycles. The molecular formula is C24H30N6O. The van der Waals surface area contributed by atoms with E-state index >= 15 is 0 Å². The lowest BCUT2D eigenvalue weighted by atomic mass is 10.1. The van der Waals surface area contributed by atoms with Crippen LogP contribution >= 0.6 is 0 Å². The number of para-hydroxylation sites is 1. The van der Waals surface area contributed by atoms with Crippen LogP contribution in [0.1, 0.15) is 18.9 Å². The number of nitrogens with zero attached hydrogens (tertiary/aromatic N) is 5. The highest BCUT2D eigenvalue weighted by Crippen LogP contribution is 2.27. The highest BCUT2D eigenvalue weighted by Gasteiger charge is 2.32. The Labute approximate surface area is 183 Å². The zero-order valence-electron chi connectivity index (χ0n) is 18.2. The van der Waals surface area contributed by atoms with Crippen LogP contribution in [-0.4, -0.2) is 64.6 Å². The maximum Gasteiger partial charge on any atom is 0.246 e. The van der Waals surface area contributed by atoms with Crippen molar-refractivity contribution >= 4 is 17.3 Å². The lowest BCUT2D eigenvalue weighted by Gasteiger charge is -2.40. The standard InChI is InChI=1S/C24H30N6O/c1-18-14-20(26-24-25-17-30(27-24)21-6-4-3-5-7-21)16-22(15-18)28-9-11-29(12-10-28)23-8-13-31-19(23)2/h3-7,14-17,19,23H,8-13H2,1-2H3,(H,26,27). The number of ether oxygens (including phenoxy) is 1. The van der Waals surface area contributed by atoms with Gasteiger partial charge in [0.15, 0.2) is 0 Å². The summed E-state index contributed by atoms with van der Waals surface area (Å²) < 4.78 is 7.55. The van der Waals surface area contributed by atoms with E-state index in [1.165, 1.54) is 11.3 Å². The van der Waals surface area contributed by atoms with Gasteiger partial charge in [0.05, 0.1) is 11.8 Å². The van der Waals surface area contributed by atoms with Crippen LogP contribution in [-0.2, 0) is 4.74 Å². The first-order valence-corrected chi connectivity index (χ1v) is 11.1. The summed E-state index contributed by atoms with van der Waals surface area (Å²) in [5, 5.41) is 7.95. The average molecular weight is 419 g/mol. The van der Waals surface area contributed by atoms with Gasteiger partial charge in [-0.25, -0.2) is 4.68 Å². The fourth-order valence-corrected chi connectivity index (χ4v) is 4.68. The molecule has 0 spiro atoms. The van der Waals surface area contributed by atoms with E-state index in [1.807, 2.05) is 30.3 Å². The Kier molecular flexibility index (Phi) is 5.61. The van der Waals surface area contributed by atoms with Gasteiger partial charge in [0, 0.05) is 50.2 Å². The monoisotopic (exact) mass is 418 g/mol. The smallest absolute Gasteiger partial charge is 0.246 e. The van der Waals surface area contributed by atoms with Gasteiger partial charge in [-0.3, -0.25) is 4.90 Å². The predicted octanol–water partition coefficient (Wildman–Crippen LogP) is 3.62. The molecule has 2 atom stereocenters. The zero-order chi connectivity index (χ0) is 21.2. The molecule has 31 heavy (non-hydrogen) atoms. The molecule has 7 heteroatoms. The summed E-state index contributed by atoms with van der Waals surface area (Å²) in [6, 6.07) is 17.2. The molecule has 0 aliphatic carbocycles. The zero-order valence-corrected chi connectivity index (χ0v) is 18.2. The molecule has 162 valence electrons. The van der Waals surface area contributed by atoms with Crippen molar-refractivity contribution in [2.24, 2.45) is 0 Å². The van der Waals surface area contributed by atoms with E-state index in [4.69, 9.17) is 4.74 Å². The Morgan fingerprint density at radius 3 is 2.55 bits per heavy atom. The second kappa shape index (κ2) is 8.69. The average Bonchev–Trinajstić information content (AvgIpc) is 3.43. The van der Waals surface area contributed by atoms with Gasteiger partial charge >= 0.3 is 0 Å². The molecular weight excluding hydrogens is 388 g/mol. The first kappa shape index (κ1) is 20.0. The van der Waals surface area contributed by atoms with E-state index in [1.54, 1.807) is 11.0 Å². The first-order valence-electron chi connectivity index (χ1n) is 11.1. The second-order valence-electron chi connectivity index (χ2n) is 8.49. The number of aryl methyl sites for hydroxylation is 1. The van der Waals surface area contributed by atoms with E-state index in [0.29, 0.717) is 18.1 Å². The topological polar surface area (TPSA) is 58.5 Å². The van der Waals surface area contributed by atoms with Crippen molar-refractivity contribution in [1.82, 2.24) is 19.7 Å². The molecule has 2 fully saturated rings. The van der Waals surface area contributed by atoms with E-state index in [0.717, 1.165) is 50.6 Å².